The summed E-state index contributed by atoms with van der Waals surface area (Å²) >= 11 is 1.73. The topological polar surface area (TPSA) is 35.6 Å². The molecule has 1 aliphatic rings. The van der Waals surface area contributed by atoms with Gasteiger partial charge in [0, 0.05) is 32.7 Å². The number of hydrogen-bond donors (Lipinski definition) is 1. The number of carbonyl (C=O) groups excluding carboxylic acids is 1. The van der Waals surface area contributed by atoms with Crippen molar-refractivity contribution in [3.05, 3.63) is 58.0 Å². The van der Waals surface area contributed by atoms with Gasteiger partial charge in [0.1, 0.15) is 5.82 Å². The zero-order chi connectivity index (χ0) is 17.6. The summed E-state index contributed by atoms with van der Waals surface area (Å²) in [4.78, 5) is 16.9. The van der Waals surface area contributed by atoms with Gasteiger partial charge in [-0.25, -0.2) is 4.39 Å². The number of rotatable bonds is 6. The normalized spacial score (nSPS) is 17.4. The minimum absolute atomic E-state index is 0.0168. The first-order valence-electron chi connectivity index (χ1n) is 8.61. The van der Waals surface area contributed by atoms with Crippen molar-refractivity contribution in [1.29, 1.82) is 0 Å². The Labute approximate surface area is 152 Å². The molecule has 1 unspecified atom stereocenters. The van der Waals surface area contributed by atoms with E-state index in [1.54, 1.807) is 23.5 Å². The summed E-state index contributed by atoms with van der Waals surface area (Å²) in [6.45, 7) is 7.10. The van der Waals surface area contributed by atoms with E-state index in [1.807, 2.05) is 6.92 Å². The van der Waals surface area contributed by atoms with Gasteiger partial charge in [-0.15, -0.1) is 0 Å². The third-order valence-corrected chi connectivity index (χ3v) is 5.30. The van der Waals surface area contributed by atoms with E-state index in [9.17, 15) is 9.18 Å². The van der Waals surface area contributed by atoms with E-state index in [2.05, 4.69) is 31.9 Å². The molecule has 1 amide bonds. The Bertz CT molecular complexity index is 666. The van der Waals surface area contributed by atoms with Crippen LogP contribution in [-0.2, 0) is 11.3 Å². The maximum Gasteiger partial charge on any atom is 0.234 e. The molecule has 0 spiro atoms. The van der Waals surface area contributed by atoms with E-state index in [-0.39, 0.29) is 17.8 Å². The molecule has 1 saturated heterocycles. The van der Waals surface area contributed by atoms with Gasteiger partial charge >= 0.3 is 0 Å². The molecule has 1 aromatic heterocycles. The number of nitrogens with one attached hydrogen (secondary N) is 1. The zero-order valence-electron chi connectivity index (χ0n) is 14.5. The summed E-state index contributed by atoms with van der Waals surface area (Å²) in [5.41, 5.74) is 2.28. The number of halogens is 1. The fourth-order valence-electron chi connectivity index (χ4n) is 3.07. The molecular formula is C19H24FN3OS. The Morgan fingerprint density at radius 1 is 1.16 bits per heavy atom. The lowest BCUT2D eigenvalue weighted by Gasteiger charge is -2.34. The van der Waals surface area contributed by atoms with Gasteiger partial charge < -0.3 is 5.32 Å². The molecule has 25 heavy (non-hydrogen) atoms. The van der Waals surface area contributed by atoms with Crippen molar-refractivity contribution in [2.24, 2.45) is 0 Å². The molecule has 0 saturated carbocycles. The molecular weight excluding hydrogens is 337 g/mol. The summed E-state index contributed by atoms with van der Waals surface area (Å²) < 4.78 is 13.0. The lowest BCUT2D eigenvalue weighted by molar-refractivity contribution is -0.123. The SMILES string of the molecule is CC(NC(=O)CN1CCN(Cc2ccsc2)CC1)c1ccc(F)cc1. The van der Waals surface area contributed by atoms with Gasteiger partial charge in [0.25, 0.3) is 0 Å². The van der Waals surface area contributed by atoms with Crippen molar-refractivity contribution in [3.8, 4) is 0 Å². The van der Waals surface area contributed by atoms with E-state index in [0.717, 1.165) is 38.3 Å². The molecule has 2 aromatic rings. The third kappa shape index (κ3) is 5.36. The number of amides is 1. The number of benzene rings is 1. The molecule has 0 bridgehead atoms. The van der Waals surface area contributed by atoms with Gasteiger partial charge in [0.2, 0.25) is 5.91 Å². The average molecular weight is 361 g/mol. The molecule has 1 fully saturated rings. The second kappa shape index (κ2) is 8.56. The molecule has 4 nitrogen and oxygen atoms in total. The average Bonchev–Trinajstić information content (AvgIpc) is 3.10. The molecule has 6 heteroatoms. The highest BCUT2D eigenvalue weighted by Gasteiger charge is 2.20. The second-order valence-electron chi connectivity index (χ2n) is 6.52. The van der Waals surface area contributed by atoms with Crippen molar-refractivity contribution in [1.82, 2.24) is 15.1 Å². The standard InChI is InChI=1S/C19H24FN3OS/c1-15(17-2-4-18(20)5-3-17)21-19(24)13-23-9-7-22(8-10-23)12-16-6-11-25-14-16/h2-6,11,14-15H,7-10,12-13H2,1H3,(H,21,24). The van der Waals surface area contributed by atoms with Gasteiger partial charge in [-0.05, 0) is 47.0 Å². The van der Waals surface area contributed by atoms with Crippen molar-refractivity contribution >= 4 is 17.2 Å². The number of carbonyl (C=O) groups is 1. The Morgan fingerprint density at radius 2 is 1.84 bits per heavy atom. The minimum atomic E-state index is -0.261. The monoisotopic (exact) mass is 361 g/mol. The van der Waals surface area contributed by atoms with Crippen molar-refractivity contribution in [3.63, 3.8) is 0 Å². The smallest absolute Gasteiger partial charge is 0.234 e. The highest BCUT2D eigenvalue weighted by atomic mass is 32.1. The first kappa shape index (κ1) is 18.0. The van der Waals surface area contributed by atoms with Crippen molar-refractivity contribution < 1.29 is 9.18 Å². The van der Waals surface area contributed by atoms with Crippen LogP contribution in [0, 0.1) is 5.82 Å². The maximum atomic E-state index is 13.0. The molecule has 1 aromatic carbocycles. The Balaban J connectivity index is 1.40. The first-order chi connectivity index (χ1) is 12.1. The number of thiophene rings is 1. The highest BCUT2D eigenvalue weighted by molar-refractivity contribution is 7.07. The van der Waals surface area contributed by atoms with E-state index in [4.69, 9.17) is 0 Å². The quantitative estimate of drug-likeness (QED) is 0.859. The van der Waals surface area contributed by atoms with Crippen LogP contribution in [0.1, 0.15) is 24.1 Å². The number of nitrogens with zero attached hydrogens (tertiary/aromatic N) is 2. The van der Waals surface area contributed by atoms with Crippen LogP contribution in [0.5, 0.6) is 0 Å². The third-order valence-electron chi connectivity index (χ3n) is 4.57. The van der Waals surface area contributed by atoms with Gasteiger partial charge in [0.15, 0.2) is 0 Å². The van der Waals surface area contributed by atoms with Crippen molar-refractivity contribution in [2.75, 3.05) is 32.7 Å². The van der Waals surface area contributed by atoms with Gasteiger partial charge in [0.05, 0.1) is 12.6 Å². The van der Waals surface area contributed by atoms with Crippen LogP contribution < -0.4 is 5.32 Å². The lowest BCUT2D eigenvalue weighted by Crippen LogP contribution is -2.49. The summed E-state index contributed by atoms with van der Waals surface area (Å²) in [5, 5.41) is 7.30. The van der Waals surface area contributed by atoms with Crippen molar-refractivity contribution in [2.45, 2.75) is 19.5 Å². The number of hydrogen-bond acceptors (Lipinski definition) is 4. The molecule has 0 aliphatic carbocycles. The van der Waals surface area contributed by atoms with E-state index >= 15 is 0 Å². The molecule has 134 valence electrons. The molecule has 1 aliphatic heterocycles. The molecule has 1 N–H and O–H groups in total. The lowest BCUT2D eigenvalue weighted by atomic mass is 10.1. The van der Waals surface area contributed by atoms with Crippen LogP contribution in [0.3, 0.4) is 0 Å². The molecule has 3 rings (SSSR count). The van der Waals surface area contributed by atoms with Crippen LogP contribution in [0.25, 0.3) is 0 Å². The van der Waals surface area contributed by atoms with E-state index < -0.39 is 0 Å². The fourth-order valence-corrected chi connectivity index (χ4v) is 3.73. The van der Waals surface area contributed by atoms with Crippen LogP contribution in [0.2, 0.25) is 0 Å². The number of piperazine rings is 1. The van der Waals surface area contributed by atoms with Gasteiger partial charge in [-0.3, -0.25) is 14.6 Å². The Kier molecular flexibility index (Phi) is 6.18. The first-order valence-corrected chi connectivity index (χ1v) is 9.55. The minimum Gasteiger partial charge on any atom is -0.348 e. The van der Waals surface area contributed by atoms with E-state index in [0.29, 0.717) is 6.54 Å². The maximum absolute atomic E-state index is 13.0. The summed E-state index contributed by atoms with van der Waals surface area (Å²) in [6.07, 6.45) is 0. The predicted molar refractivity (Wildman–Crippen MR) is 99.0 cm³/mol. The van der Waals surface area contributed by atoms with Crippen LogP contribution >= 0.6 is 11.3 Å². The summed E-state index contributed by atoms with van der Waals surface area (Å²) in [5.74, 6) is -0.245. The van der Waals surface area contributed by atoms with Crippen LogP contribution in [-0.4, -0.2) is 48.4 Å². The highest BCUT2D eigenvalue weighted by Crippen LogP contribution is 2.14. The molecule has 2 heterocycles. The summed E-state index contributed by atoms with van der Waals surface area (Å²) in [7, 11) is 0. The fraction of sp³-hybridized carbons (Fsp3) is 0.421. The van der Waals surface area contributed by atoms with Crippen LogP contribution in [0.15, 0.2) is 41.1 Å². The van der Waals surface area contributed by atoms with Crippen LogP contribution in [0.4, 0.5) is 4.39 Å². The molecule has 1 atom stereocenters. The Hall–Kier alpha value is -1.76. The zero-order valence-corrected chi connectivity index (χ0v) is 15.3. The predicted octanol–water partition coefficient (Wildman–Crippen LogP) is 2.88. The second-order valence-corrected chi connectivity index (χ2v) is 7.30. The summed E-state index contributed by atoms with van der Waals surface area (Å²) in [6, 6.07) is 8.32. The van der Waals surface area contributed by atoms with Gasteiger partial charge in [-0.2, -0.15) is 11.3 Å². The largest absolute Gasteiger partial charge is 0.348 e. The van der Waals surface area contributed by atoms with E-state index in [1.165, 1.54) is 17.7 Å². The molecule has 0 radical (unpaired) electrons. The Morgan fingerprint density at radius 3 is 2.48 bits per heavy atom. The van der Waals surface area contributed by atoms with Gasteiger partial charge in [-0.1, -0.05) is 12.1 Å².